The van der Waals surface area contributed by atoms with Crippen molar-refractivity contribution in [2.24, 2.45) is 0 Å². The molecule has 1 saturated carbocycles. The fraction of sp³-hybridized carbons (Fsp3) is 0.800. The highest BCUT2D eigenvalue weighted by Gasteiger charge is 2.22. The van der Waals surface area contributed by atoms with E-state index >= 15 is 0 Å². The molecule has 0 spiro atoms. The third kappa shape index (κ3) is 4.32. The first-order valence-corrected chi connectivity index (χ1v) is 7.62. The van der Waals surface area contributed by atoms with Gasteiger partial charge >= 0.3 is 0 Å². The van der Waals surface area contributed by atoms with Crippen molar-refractivity contribution in [3.05, 3.63) is 18.0 Å². The van der Waals surface area contributed by atoms with Gasteiger partial charge in [0.25, 0.3) is 0 Å². The zero-order valence-corrected chi connectivity index (χ0v) is 12.3. The van der Waals surface area contributed by atoms with Gasteiger partial charge in [-0.25, -0.2) is 0 Å². The summed E-state index contributed by atoms with van der Waals surface area (Å²) < 4.78 is 1.97. The first-order chi connectivity index (χ1) is 9.19. The highest BCUT2D eigenvalue weighted by atomic mass is 16.3. The Morgan fingerprint density at radius 1 is 1.42 bits per heavy atom. The maximum atomic E-state index is 9.72. The zero-order valence-electron chi connectivity index (χ0n) is 12.3. The highest BCUT2D eigenvalue weighted by Crippen LogP contribution is 2.24. The summed E-state index contributed by atoms with van der Waals surface area (Å²) in [5, 5.41) is 14.1. The van der Waals surface area contributed by atoms with Crippen molar-refractivity contribution < 1.29 is 5.11 Å². The number of hydrogen-bond donors (Lipinski definition) is 1. The maximum Gasteiger partial charge on any atom is 0.0639 e. The van der Waals surface area contributed by atoms with Gasteiger partial charge in [0.2, 0.25) is 0 Å². The first kappa shape index (κ1) is 14.5. The molecule has 1 aromatic rings. The molecule has 108 valence electrons. The van der Waals surface area contributed by atoms with E-state index in [0.29, 0.717) is 6.04 Å². The van der Waals surface area contributed by atoms with Crippen molar-refractivity contribution in [2.75, 3.05) is 6.54 Å². The van der Waals surface area contributed by atoms with Crippen molar-refractivity contribution in [3.63, 3.8) is 0 Å². The maximum absolute atomic E-state index is 9.72. The summed E-state index contributed by atoms with van der Waals surface area (Å²) in [4.78, 5) is 2.45. The number of aliphatic hydroxyl groups excluding tert-OH is 1. The summed E-state index contributed by atoms with van der Waals surface area (Å²) in [5.74, 6) is 0. The molecule has 4 nitrogen and oxygen atoms in total. The van der Waals surface area contributed by atoms with Crippen molar-refractivity contribution in [1.82, 2.24) is 14.7 Å². The minimum absolute atomic E-state index is 0.261. The van der Waals surface area contributed by atoms with Gasteiger partial charge < -0.3 is 5.11 Å². The van der Waals surface area contributed by atoms with Crippen molar-refractivity contribution in [2.45, 2.75) is 71.2 Å². The van der Waals surface area contributed by atoms with Crippen LogP contribution in [0.2, 0.25) is 0 Å². The Bertz CT molecular complexity index is 369. The summed E-state index contributed by atoms with van der Waals surface area (Å²) in [6.45, 7) is 6.58. The van der Waals surface area contributed by atoms with Gasteiger partial charge in [0.05, 0.1) is 12.3 Å². The topological polar surface area (TPSA) is 41.3 Å². The van der Waals surface area contributed by atoms with Crippen LogP contribution in [-0.4, -0.2) is 38.5 Å². The molecule has 1 heterocycles. The Morgan fingerprint density at radius 2 is 2.16 bits per heavy atom. The molecule has 4 heteroatoms. The molecule has 0 saturated heterocycles. The molecular formula is C15H27N3O. The summed E-state index contributed by atoms with van der Waals surface area (Å²) >= 11 is 0. The molecule has 0 aromatic carbocycles. The van der Waals surface area contributed by atoms with Gasteiger partial charge in [-0.3, -0.25) is 9.58 Å². The lowest BCUT2D eigenvalue weighted by Gasteiger charge is -2.34. The quantitative estimate of drug-likeness (QED) is 0.859. The monoisotopic (exact) mass is 265 g/mol. The average molecular weight is 265 g/mol. The number of rotatable bonds is 6. The van der Waals surface area contributed by atoms with E-state index in [1.165, 1.54) is 37.7 Å². The molecule has 0 radical (unpaired) electrons. The first-order valence-electron chi connectivity index (χ1n) is 7.62. The van der Waals surface area contributed by atoms with Gasteiger partial charge in [0.15, 0.2) is 0 Å². The molecule has 0 amide bonds. The Morgan fingerprint density at radius 3 is 2.74 bits per heavy atom. The van der Waals surface area contributed by atoms with Gasteiger partial charge in [-0.15, -0.1) is 0 Å². The second-order valence-corrected chi connectivity index (χ2v) is 5.77. The summed E-state index contributed by atoms with van der Waals surface area (Å²) in [6.07, 6.45) is 10.4. The average Bonchev–Trinajstić information content (AvgIpc) is 2.86. The lowest BCUT2D eigenvalue weighted by Crippen LogP contribution is -2.40. The fourth-order valence-corrected chi connectivity index (χ4v) is 3.02. The SMILES string of the molecule is CCn1cc(CN(CC(C)O)C2CCCCC2)cn1. The van der Waals surface area contributed by atoms with E-state index in [1.807, 2.05) is 17.8 Å². The van der Waals surface area contributed by atoms with Crippen LogP contribution in [0.25, 0.3) is 0 Å². The third-order valence-electron chi connectivity index (χ3n) is 3.99. The van der Waals surface area contributed by atoms with E-state index in [4.69, 9.17) is 0 Å². The Labute approximate surface area is 116 Å². The molecule has 1 N–H and O–H groups in total. The molecule has 1 aliphatic carbocycles. The van der Waals surface area contributed by atoms with Crippen LogP contribution in [0.1, 0.15) is 51.5 Å². The second-order valence-electron chi connectivity index (χ2n) is 5.77. The van der Waals surface area contributed by atoms with Crippen LogP contribution in [0.4, 0.5) is 0 Å². The third-order valence-corrected chi connectivity index (χ3v) is 3.99. The van der Waals surface area contributed by atoms with E-state index in [9.17, 15) is 5.11 Å². The minimum Gasteiger partial charge on any atom is -0.392 e. The van der Waals surface area contributed by atoms with Crippen LogP contribution in [0.15, 0.2) is 12.4 Å². The van der Waals surface area contributed by atoms with Crippen LogP contribution >= 0.6 is 0 Å². The molecule has 1 aromatic heterocycles. The molecule has 0 bridgehead atoms. The van der Waals surface area contributed by atoms with Gasteiger partial charge in [-0.05, 0) is 26.7 Å². The van der Waals surface area contributed by atoms with Gasteiger partial charge in [-0.2, -0.15) is 5.10 Å². The van der Waals surface area contributed by atoms with E-state index in [2.05, 4.69) is 23.1 Å². The number of hydrogen-bond acceptors (Lipinski definition) is 3. The van der Waals surface area contributed by atoms with Gasteiger partial charge in [0.1, 0.15) is 0 Å². The summed E-state index contributed by atoms with van der Waals surface area (Å²) in [6, 6.07) is 0.633. The molecule has 19 heavy (non-hydrogen) atoms. The highest BCUT2D eigenvalue weighted by molar-refractivity contribution is 5.04. The van der Waals surface area contributed by atoms with E-state index in [1.54, 1.807) is 0 Å². The van der Waals surface area contributed by atoms with Crippen LogP contribution in [0.5, 0.6) is 0 Å². The molecule has 0 aliphatic heterocycles. The Hall–Kier alpha value is -0.870. The van der Waals surface area contributed by atoms with Crippen molar-refractivity contribution in [1.29, 1.82) is 0 Å². The largest absolute Gasteiger partial charge is 0.392 e. The Kier molecular flexibility index (Phi) is 5.40. The molecule has 1 fully saturated rings. The number of aromatic nitrogens is 2. The van der Waals surface area contributed by atoms with Gasteiger partial charge in [0, 0.05) is 37.4 Å². The summed E-state index contributed by atoms with van der Waals surface area (Å²) in [5.41, 5.74) is 1.26. The smallest absolute Gasteiger partial charge is 0.0639 e. The lowest BCUT2D eigenvalue weighted by atomic mass is 9.93. The number of aryl methyl sites for hydroxylation is 1. The molecule has 1 unspecified atom stereocenters. The van der Waals surface area contributed by atoms with E-state index in [-0.39, 0.29) is 6.10 Å². The van der Waals surface area contributed by atoms with Crippen LogP contribution in [0, 0.1) is 0 Å². The zero-order chi connectivity index (χ0) is 13.7. The minimum atomic E-state index is -0.261. The van der Waals surface area contributed by atoms with Crippen LogP contribution in [0.3, 0.4) is 0 Å². The van der Waals surface area contributed by atoms with Crippen LogP contribution < -0.4 is 0 Å². The van der Waals surface area contributed by atoms with Gasteiger partial charge in [-0.1, -0.05) is 19.3 Å². The predicted molar refractivity (Wildman–Crippen MR) is 76.9 cm³/mol. The van der Waals surface area contributed by atoms with E-state index < -0.39 is 0 Å². The molecule has 2 rings (SSSR count). The number of nitrogens with zero attached hydrogens (tertiary/aromatic N) is 3. The standard InChI is InChI=1S/C15H27N3O/c1-3-18-12-14(9-16-18)11-17(10-13(2)19)15-7-5-4-6-8-15/h9,12-13,15,19H,3-8,10-11H2,1-2H3. The van der Waals surface area contributed by atoms with Crippen molar-refractivity contribution >= 4 is 0 Å². The predicted octanol–water partition coefficient (Wildman–Crippen LogP) is 2.42. The Balaban J connectivity index is 1.99. The van der Waals surface area contributed by atoms with Crippen LogP contribution in [-0.2, 0) is 13.1 Å². The number of aliphatic hydroxyl groups is 1. The second kappa shape index (κ2) is 7.06. The molecular weight excluding hydrogens is 238 g/mol. The fourth-order valence-electron chi connectivity index (χ4n) is 3.02. The molecule has 1 atom stereocenters. The lowest BCUT2D eigenvalue weighted by molar-refractivity contribution is 0.0769. The normalized spacial score (nSPS) is 18.9. The van der Waals surface area contributed by atoms with Crippen molar-refractivity contribution in [3.8, 4) is 0 Å². The summed E-state index contributed by atoms with van der Waals surface area (Å²) in [7, 11) is 0. The molecule has 1 aliphatic rings. The van der Waals surface area contributed by atoms with E-state index in [0.717, 1.165) is 19.6 Å².